The van der Waals surface area contributed by atoms with E-state index in [4.69, 9.17) is 9.97 Å². The lowest BCUT2D eigenvalue weighted by Crippen LogP contribution is -2.49. The fourth-order valence-corrected chi connectivity index (χ4v) is 6.03. The number of anilines is 2. The zero-order valence-corrected chi connectivity index (χ0v) is 23.0. The molecule has 3 aromatic heterocycles. The van der Waals surface area contributed by atoms with Gasteiger partial charge < -0.3 is 14.9 Å². The summed E-state index contributed by atoms with van der Waals surface area (Å²) in [5.41, 5.74) is 5.29. The first-order valence-corrected chi connectivity index (χ1v) is 13.4. The summed E-state index contributed by atoms with van der Waals surface area (Å²) in [5, 5.41) is 23.2. The number of aryl methyl sites for hydroxylation is 3. The van der Waals surface area contributed by atoms with Gasteiger partial charge in [-0.2, -0.15) is 10.2 Å². The smallest absolute Gasteiger partial charge is 0.282 e. The number of aliphatic hydroxyl groups is 1. The van der Waals surface area contributed by atoms with Crippen LogP contribution < -0.4 is 9.80 Å². The predicted octanol–water partition coefficient (Wildman–Crippen LogP) is 4.47. The molecule has 1 atom stereocenters. The van der Waals surface area contributed by atoms with Gasteiger partial charge in [0.2, 0.25) is 0 Å². The highest BCUT2D eigenvalue weighted by molar-refractivity contribution is 5.96. The molecule has 2 aliphatic rings. The van der Waals surface area contributed by atoms with Crippen molar-refractivity contribution in [3.8, 4) is 11.4 Å². The summed E-state index contributed by atoms with van der Waals surface area (Å²) in [6.07, 6.45) is -1.73. The minimum atomic E-state index is -2.62. The van der Waals surface area contributed by atoms with E-state index in [1.165, 1.54) is 10.7 Å². The minimum Gasteiger partial charge on any atom is -0.392 e. The molecule has 0 bridgehead atoms. The van der Waals surface area contributed by atoms with Crippen molar-refractivity contribution in [3.05, 3.63) is 46.4 Å². The fraction of sp³-hybridized carbons (Fsp3) is 0.500. The first-order chi connectivity index (χ1) is 18.5. The number of aromatic nitrogens is 6. The van der Waals surface area contributed by atoms with E-state index in [0.29, 0.717) is 50.7 Å². The van der Waals surface area contributed by atoms with Crippen molar-refractivity contribution < 1.29 is 13.9 Å². The second kappa shape index (κ2) is 9.25. The maximum Gasteiger partial charge on any atom is 0.282 e. The van der Waals surface area contributed by atoms with Crippen LogP contribution in [0.4, 0.5) is 20.4 Å². The van der Waals surface area contributed by atoms with Gasteiger partial charge >= 0.3 is 0 Å². The normalized spacial score (nSPS) is 19.3. The molecular weight excluding hydrogens is 502 g/mol. The summed E-state index contributed by atoms with van der Waals surface area (Å²) in [4.78, 5) is 14.6. The molecule has 4 aromatic rings. The summed E-state index contributed by atoms with van der Waals surface area (Å²) in [5.74, 6) is 2.15. The summed E-state index contributed by atoms with van der Waals surface area (Å²) < 4.78 is 28.3. The Hall–Kier alpha value is -3.60. The molecule has 0 unspecified atom stereocenters. The van der Waals surface area contributed by atoms with E-state index in [2.05, 4.69) is 45.9 Å². The quantitative estimate of drug-likeness (QED) is 0.397. The van der Waals surface area contributed by atoms with Gasteiger partial charge in [0.05, 0.1) is 17.3 Å². The third-order valence-corrected chi connectivity index (χ3v) is 8.27. The summed E-state index contributed by atoms with van der Waals surface area (Å²) in [6.45, 7) is 10.6. The summed E-state index contributed by atoms with van der Waals surface area (Å²) in [7, 11) is 1.70. The van der Waals surface area contributed by atoms with Crippen LogP contribution in [0.25, 0.3) is 22.3 Å². The molecule has 0 amide bonds. The number of halogens is 2. The number of hydrogen-bond acceptors (Lipinski definition) is 7. The number of piperidine rings is 1. The SMILES string of the molecule is Cc1ccc2n[nH]c(C)c2c1-c1nc2c(c(N3CC[C@@H](O)C(C)(C)C3)n1)CN(c1cc(C(F)F)nn1C)CC2. The van der Waals surface area contributed by atoms with Gasteiger partial charge in [0.25, 0.3) is 6.43 Å². The third-order valence-electron chi connectivity index (χ3n) is 8.27. The number of benzene rings is 1. The van der Waals surface area contributed by atoms with E-state index in [9.17, 15) is 13.9 Å². The Labute approximate surface area is 225 Å². The lowest BCUT2D eigenvalue weighted by molar-refractivity contribution is 0.0333. The van der Waals surface area contributed by atoms with E-state index in [1.54, 1.807) is 7.05 Å². The topological polar surface area (TPSA) is 99.0 Å². The molecule has 2 N–H and O–H groups in total. The Bertz CT molecular complexity index is 1560. The first-order valence-electron chi connectivity index (χ1n) is 13.4. The van der Waals surface area contributed by atoms with Gasteiger partial charge in [-0.15, -0.1) is 0 Å². The van der Waals surface area contributed by atoms with Gasteiger partial charge in [-0.3, -0.25) is 9.78 Å². The molecule has 1 saturated heterocycles. The largest absolute Gasteiger partial charge is 0.392 e. The zero-order chi connectivity index (χ0) is 27.6. The lowest BCUT2D eigenvalue weighted by Gasteiger charge is -2.43. The molecule has 11 heteroatoms. The van der Waals surface area contributed by atoms with Crippen LogP contribution in [0.5, 0.6) is 0 Å². The molecule has 9 nitrogen and oxygen atoms in total. The van der Waals surface area contributed by atoms with Crippen molar-refractivity contribution in [1.82, 2.24) is 29.9 Å². The van der Waals surface area contributed by atoms with Crippen molar-refractivity contribution >= 4 is 22.5 Å². The first kappa shape index (κ1) is 25.7. The molecule has 0 saturated carbocycles. The van der Waals surface area contributed by atoms with Crippen LogP contribution in [0, 0.1) is 19.3 Å². The van der Waals surface area contributed by atoms with E-state index in [1.807, 2.05) is 19.1 Å². The Kier molecular flexibility index (Phi) is 6.09. The monoisotopic (exact) mass is 536 g/mol. The number of nitrogens with one attached hydrogen (secondary N) is 1. The average Bonchev–Trinajstić information content (AvgIpc) is 3.47. The number of alkyl halides is 2. The van der Waals surface area contributed by atoms with E-state index >= 15 is 0 Å². The molecule has 39 heavy (non-hydrogen) atoms. The van der Waals surface area contributed by atoms with Crippen LogP contribution in [0.15, 0.2) is 18.2 Å². The van der Waals surface area contributed by atoms with Gasteiger partial charge in [0, 0.05) is 73.3 Å². The Morgan fingerprint density at radius 3 is 2.64 bits per heavy atom. The van der Waals surface area contributed by atoms with Gasteiger partial charge in [0.1, 0.15) is 17.3 Å². The Morgan fingerprint density at radius 2 is 1.92 bits per heavy atom. The van der Waals surface area contributed by atoms with Gasteiger partial charge in [-0.1, -0.05) is 19.9 Å². The molecule has 0 aliphatic carbocycles. The van der Waals surface area contributed by atoms with Crippen molar-refractivity contribution in [1.29, 1.82) is 0 Å². The predicted molar refractivity (Wildman–Crippen MR) is 146 cm³/mol. The van der Waals surface area contributed by atoms with Gasteiger partial charge in [0.15, 0.2) is 5.82 Å². The van der Waals surface area contributed by atoms with Crippen LogP contribution >= 0.6 is 0 Å². The number of aromatic amines is 1. The fourth-order valence-electron chi connectivity index (χ4n) is 6.03. The molecule has 2 aliphatic heterocycles. The number of hydrogen-bond donors (Lipinski definition) is 2. The van der Waals surface area contributed by atoms with Crippen molar-refractivity contribution in [2.75, 3.05) is 29.4 Å². The lowest BCUT2D eigenvalue weighted by atomic mass is 9.81. The molecule has 0 radical (unpaired) electrons. The number of H-pyrrole nitrogens is 1. The molecule has 206 valence electrons. The van der Waals surface area contributed by atoms with E-state index < -0.39 is 12.5 Å². The molecule has 5 heterocycles. The molecule has 1 fully saturated rings. The highest BCUT2D eigenvalue weighted by atomic mass is 19.3. The summed E-state index contributed by atoms with van der Waals surface area (Å²) in [6, 6.07) is 5.52. The van der Waals surface area contributed by atoms with Crippen LogP contribution in [-0.4, -0.2) is 60.8 Å². The zero-order valence-electron chi connectivity index (χ0n) is 23.0. The Balaban J connectivity index is 1.49. The highest BCUT2D eigenvalue weighted by Crippen LogP contribution is 2.39. The average molecular weight is 537 g/mol. The van der Waals surface area contributed by atoms with Gasteiger partial charge in [-0.05, 0) is 31.9 Å². The molecule has 6 rings (SSSR count). The van der Waals surface area contributed by atoms with E-state index in [-0.39, 0.29) is 11.1 Å². The molecule has 0 spiro atoms. The number of aliphatic hydroxyl groups excluding tert-OH is 1. The summed E-state index contributed by atoms with van der Waals surface area (Å²) >= 11 is 0. The maximum absolute atomic E-state index is 13.4. The number of fused-ring (bicyclic) bond motifs is 2. The second-order valence-electron chi connectivity index (χ2n) is 11.5. The molecule has 1 aromatic carbocycles. The van der Waals surface area contributed by atoms with Crippen molar-refractivity contribution in [3.63, 3.8) is 0 Å². The molecular formula is C28H34F2N8O. The van der Waals surface area contributed by atoms with E-state index in [0.717, 1.165) is 44.8 Å². The van der Waals surface area contributed by atoms with Crippen LogP contribution in [0.3, 0.4) is 0 Å². The van der Waals surface area contributed by atoms with Crippen LogP contribution in [-0.2, 0) is 20.0 Å². The van der Waals surface area contributed by atoms with Crippen LogP contribution in [0.2, 0.25) is 0 Å². The van der Waals surface area contributed by atoms with Crippen molar-refractivity contribution in [2.45, 2.75) is 59.6 Å². The van der Waals surface area contributed by atoms with Gasteiger partial charge in [-0.25, -0.2) is 18.7 Å². The minimum absolute atomic E-state index is 0.226. The maximum atomic E-state index is 13.4. The third kappa shape index (κ3) is 4.32. The number of rotatable bonds is 4. The van der Waals surface area contributed by atoms with Crippen LogP contribution in [0.1, 0.15) is 54.9 Å². The number of nitrogens with zero attached hydrogens (tertiary/aromatic N) is 7. The highest BCUT2D eigenvalue weighted by Gasteiger charge is 2.37. The standard InChI is InChI=1S/C28H34F2N8O/c1-15-6-7-19-24(16(2)33-34-19)23(15)26-31-18-8-10-37(22-12-20(25(29)30)35-36(22)5)13-17(18)27(32-26)38-11-9-21(39)28(3,4)14-38/h6-7,12,21,25,39H,8-11,13-14H2,1-5H3,(H,33,34)/t21-/m1/s1. The Morgan fingerprint density at radius 1 is 1.13 bits per heavy atom. The van der Waals surface area contributed by atoms with Crippen molar-refractivity contribution in [2.24, 2.45) is 12.5 Å². The second-order valence-corrected chi connectivity index (χ2v) is 11.5.